The lowest BCUT2D eigenvalue weighted by molar-refractivity contribution is -0.384. The quantitative estimate of drug-likeness (QED) is 0.560. The van der Waals surface area contributed by atoms with Gasteiger partial charge >= 0.3 is 0 Å². The average Bonchev–Trinajstić information content (AvgIpc) is 3.24. The van der Waals surface area contributed by atoms with Crippen LogP contribution in [0.3, 0.4) is 0 Å². The Balaban J connectivity index is 1.49. The van der Waals surface area contributed by atoms with E-state index in [1.54, 1.807) is 30.0 Å². The van der Waals surface area contributed by atoms with Crippen molar-refractivity contribution in [1.82, 2.24) is 9.55 Å². The van der Waals surface area contributed by atoms with Crippen LogP contribution in [0.5, 0.6) is 0 Å². The van der Waals surface area contributed by atoms with E-state index in [-0.39, 0.29) is 17.2 Å². The van der Waals surface area contributed by atoms with E-state index in [4.69, 9.17) is 0 Å². The molecule has 0 spiro atoms. The summed E-state index contributed by atoms with van der Waals surface area (Å²) in [5.41, 5.74) is 2.63. The van der Waals surface area contributed by atoms with E-state index >= 15 is 0 Å². The second-order valence-electron chi connectivity index (χ2n) is 5.79. The van der Waals surface area contributed by atoms with Crippen LogP contribution in [-0.2, 0) is 6.54 Å². The first-order valence-corrected chi connectivity index (χ1v) is 8.95. The molecule has 0 saturated heterocycles. The smallest absolute Gasteiger partial charge is 0.270 e. The summed E-state index contributed by atoms with van der Waals surface area (Å²) >= 11 is 1.74. The number of aryl methyl sites for hydroxylation is 1. The van der Waals surface area contributed by atoms with Crippen molar-refractivity contribution in [2.75, 3.05) is 11.1 Å². The minimum Gasteiger partial charge on any atom is -0.325 e. The van der Waals surface area contributed by atoms with Crippen molar-refractivity contribution in [3.63, 3.8) is 0 Å². The highest BCUT2D eigenvalue weighted by atomic mass is 32.2. The van der Waals surface area contributed by atoms with Crippen LogP contribution in [0.25, 0.3) is 11.3 Å². The zero-order valence-electron chi connectivity index (χ0n) is 13.6. The molecule has 4 rings (SSSR count). The Bertz CT molecular complexity index is 976. The lowest BCUT2D eigenvalue weighted by atomic mass is 10.1. The topological polar surface area (TPSA) is 90.1 Å². The molecule has 7 nitrogen and oxygen atoms in total. The molecule has 8 heteroatoms. The molecule has 1 amide bonds. The summed E-state index contributed by atoms with van der Waals surface area (Å²) in [6.45, 7) is 0.977. The van der Waals surface area contributed by atoms with E-state index in [0.717, 1.165) is 28.7 Å². The van der Waals surface area contributed by atoms with Crippen LogP contribution in [0, 0.1) is 10.1 Å². The van der Waals surface area contributed by atoms with Gasteiger partial charge in [0, 0.05) is 47.4 Å². The number of carbonyl (C=O) groups excluding carboxylic acids is 1. The lowest BCUT2D eigenvalue weighted by Gasteiger charge is -2.06. The maximum Gasteiger partial charge on any atom is 0.270 e. The van der Waals surface area contributed by atoms with Gasteiger partial charge in [-0.3, -0.25) is 14.9 Å². The van der Waals surface area contributed by atoms with Crippen LogP contribution in [-0.4, -0.2) is 26.1 Å². The summed E-state index contributed by atoms with van der Waals surface area (Å²) in [5, 5.41) is 14.6. The van der Waals surface area contributed by atoms with Crippen LogP contribution in [0.15, 0.2) is 59.9 Å². The molecule has 0 saturated carbocycles. The van der Waals surface area contributed by atoms with Gasteiger partial charge in [0.25, 0.3) is 11.6 Å². The molecule has 1 aromatic heterocycles. The molecule has 0 atom stereocenters. The number of nitro groups is 1. The third kappa shape index (κ3) is 3.18. The van der Waals surface area contributed by atoms with E-state index in [1.807, 2.05) is 18.3 Å². The van der Waals surface area contributed by atoms with E-state index in [1.165, 1.54) is 18.2 Å². The highest BCUT2D eigenvalue weighted by molar-refractivity contribution is 7.99. The number of fused-ring (bicyclic) bond motifs is 1. The van der Waals surface area contributed by atoms with Crippen molar-refractivity contribution in [2.45, 2.75) is 11.7 Å². The van der Waals surface area contributed by atoms with Crippen molar-refractivity contribution >= 4 is 29.0 Å². The lowest BCUT2D eigenvalue weighted by Crippen LogP contribution is -2.11. The largest absolute Gasteiger partial charge is 0.325 e. The van der Waals surface area contributed by atoms with Crippen LogP contribution in [0.2, 0.25) is 0 Å². The van der Waals surface area contributed by atoms with Gasteiger partial charge in [-0.25, -0.2) is 4.98 Å². The van der Waals surface area contributed by atoms with Crippen LogP contribution < -0.4 is 5.32 Å². The number of thioether (sulfide) groups is 1. The molecule has 130 valence electrons. The van der Waals surface area contributed by atoms with E-state index in [2.05, 4.69) is 14.9 Å². The number of nitrogens with zero attached hydrogens (tertiary/aromatic N) is 3. The van der Waals surface area contributed by atoms with Crippen LogP contribution in [0.1, 0.15) is 10.4 Å². The number of hydrogen-bond acceptors (Lipinski definition) is 5. The van der Waals surface area contributed by atoms with Crippen molar-refractivity contribution in [3.05, 3.63) is 70.4 Å². The van der Waals surface area contributed by atoms with Crippen LogP contribution >= 0.6 is 11.8 Å². The number of non-ortho nitro benzene ring substituents is 1. The fraction of sp³-hybridized carbons (Fsp3) is 0.111. The Labute approximate surface area is 153 Å². The van der Waals surface area contributed by atoms with Gasteiger partial charge in [-0.15, -0.1) is 0 Å². The zero-order chi connectivity index (χ0) is 18.1. The molecule has 0 aliphatic carbocycles. The summed E-state index contributed by atoms with van der Waals surface area (Å²) in [7, 11) is 0. The first-order chi connectivity index (χ1) is 12.6. The number of carbonyl (C=O) groups is 1. The Morgan fingerprint density at radius 1 is 1.23 bits per heavy atom. The molecule has 2 heterocycles. The second-order valence-corrected chi connectivity index (χ2v) is 6.85. The monoisotopic (exact) mass is 366 g/mol. The Kier molecular flexibility index (Phi) is 4.18. The Hall–Kier alpha value is -3.13. The number of aromatic nitrogens is 2. The minimum atomic E-state index is -0.522. The number of anilines is 1. The summed E-state index contributed by atoms with van der Waals surface area (Å²) < 4.78 is 2.14. The molecule has 0 radical (unpaired) electrons. The Morgan fingerprint density at radius 3 is 2.77 bits per heavy atom. The number of amides is 1. The van der Waals surface area contributed by atoms with Gasteiger partial charge in [-0.1, -0.05) is 30.0 Å². The number of hydrogen-bond donors (Lipinski definition) is 1. The van der Waals surface area contributed by atoms with Gasteiger partial charge in [-0.05, 0) is 18.2 Å². The van der Waals surface area contributed by atoms with Gasteiger partial charge in [0.1, 0.15) is 0 Å². The molecule has 26 heavy (non-hydrogen) atoms. The highest BCUT2D eigenvalue weighted by Gasteiger charge is 2.15. The number of benzene rings is 2. The van der Waals surface area contributed by atoms with Crippen molar-refractivity contribution in [2.24, 2.45) is 0 Å². The van der Waals surface area contributed by atoms with Gasteiger partial charge in [0.15, 0.2) is 5.16 Å². The molecule has 0 unspecified atom stereocenters. The fourth-order valence-corrected chi connectivity index (χ4v) is 3.68. The molecule has 0 bridgehead atoms. The van der Waals surface area contributed by atoms with Crippen molar-refractivity contribution in [1.29, 1.82) is 0 Å². The first-order valence-electron chi connectivity index (χ1n) is 7.96. The maximum atomic E-state index is 12.3. The maximum absolute atomic E-state index is 12.3. The van der Waals surface area contributed by atoms with Gasteiger partial charge in [0.05, 0.1) is 10.6 Å². The summed E-state index contributed by atoms with van der Waals surface area (Å²) in [6, 6.07) is 13.0. The van der Waals surface area contributed by atoms with E-state index in [9.17, 15) is 14.9 Å². The van der Waals surface area contributed by atoms with Crippen molar-refractivity contribution < 1.29 is 9.72 Å². The predicted molar refractivity (Wildman–Crippen MR) is 99.4 cm³/mol. The molecule has 2 aromatic carbocycles. The third-order valence-electron chi connectivity index (χ3n) is 4.06. The average molecular weight is 366 g/mol. The van der Waals surface area contributed by atoms with Crippen LogP contribution in [0.4, 0.5) is 11.4 Å². The number of nitrogens with one attached hydrogen (secondary N) is 1. The molecular weight excluding hydrogens is 352 g/mol. The predicted octanol–water partition coefficient (Wildman–Crippen LogP) is 3.82. The SMILES string of the molecule is O=C(Nc1ccc(-c2cn3c(n2)SCC3)cc1)c1cccc([N+](=O)[O-])c1. The summed E-state index contributed by atoms with van der Waals surface area (Å²) in [5.74, 6) is 0.671. The van der Waals surface area contributed by atoms with Gasteiger partial charge < -0.3 is 9.88 Å². The van der Waals surface area contributed by atoms with Gasteiger partial charge in [-0.2, -0.15) is 0 Å². The summed E-state index contributed by atoms with van der Waals surface area (Å²) in [6.07, 6.45) is 2.03. The molecule has 3 aromatic rings. The molecule has 1 aliphatic heterocycles. The Morgan fingerprint density at radius 2 is 2.04 bits per heavy atom. The molecular formula is C18H14N4O3S. The van der Waals surface area contributed by atoms with E-state index < -0.39 is 4.92 Å². The standard InChI is InChI=1S/C18H14N4O3S/c23-17(13-2-1-3-15(10-13)22(24)25)19-14-6-4-12(5-7-14)16-11-21-8-9-26-18(21)20-16/h1-7,10-11H,8-9H2,(H,19,23). The molecule has 1 N–H and O–H groups in total. The number of imidazole rings is 1. The molecule has 1 aliphatic rings. The normalized spacial score (nSPS) is 12.6. The van der Waals surface area contributed by atoms with E-state index in [0.29, 0.717) is 5.69 Å². The molecule has 0 fully saturated rings. The fourth-order valence-electron chi connectivity index (χ4n) is 2.74. The first kappa shape index (κ1) is 16.3. The number of rotatable bonds is 4. The zero-order valence-corrected chi connectivity index (χ0v) is 14.4. The van der Waals surface area contributed by atoms with Crippen molar-refractivity contribution in [3.8, 4) is 11.3 Å². The summed E-state index contributed by atoms with van der Waals surface area (Å²) in [4.78, 5) is 27.2. The number of nitro benzene ring substituents is 1. The third-order valence-corrected chi connectivity index (χ3v) is 5.03. The second kappa shape index (κ2) is 6.64. The minimum absolute atomic E-state index is 0.112. The van der Waals surface area contributed by atoms with Gasteiger partial charge in [0.2, 0.25) is 0 Å². The highest BCUT2D eigenvalue weighted by Crippen LogP contribution is 2.29.